The van der Waals surface area contributed by atoms with E-state index in [2.05, 4.69) is 18.6 Å². The van der Waals surface area contributed by atoms with Crippen molar-refractivity contribution in [3.05, 3.63) is 0 Å². The molecular formula is C16H32O4. The fourth-order valence-electron chi connectivity index (χ4n) is 1.75. The molecule has 20 heavy (non-hydrogen) atoms. The smallest absolute Gasteiger partial charge is 0.306 e. The molecule has 4 heteroatoms. The highest BCUT2D eigenvalue weighted by Crippen LogP contribution is 2.11. The fraction of sp³-hybridized carbons (Fsp3) is 0.875. The van der Waals surface area contributed by atoms with Gasteiger partial charge in [0.15, 0.2) is 0 Å². The second kappa shape index (κ2) is 16.0. The van der Waals surface area contributed by atoms with Crippen LogP contribution in [0.2, 0.25) is 0 Å². The molecule has 0 heterocycles. The largest absolute Gasteiger partial charge is 0.481 e. The van der Waals surface area contributed by atoms with Gasteiger partial charge in [0.1, 0.15) is 0 Å². The number of hydrogen-bond acceptors (Lipinski definition) is 3. The third kappa shape index (κ3) is 15.0. The van der Waals surface area contributed by atoms with Crippen LogP contribution in [0.1, 0.15) is 78.6 Å². The number of unbranched alkanes of at least 4 members (excludes halogenated alkanes) is 4. The summed E-state index contributed by atoms with van der Waals surface area (Å²) in [5.41, 5.74) is 0. The maximum absolute atomic E-state index is 10.6. The van der Waals surface area contributed by atoms with Crippen LogP contribution in [-0.4, -0.2) is 24.2 Å². The summed E-state index contributed by atoms with van der Waals surface area (Å²) in [5, 5.41) is 8.60. The van der Waals surface area contributed by atoms with Gasteiger partial charge in [0.25, 0.3) is 0 Å². The lowest BCUT2D eigenvalue weighted by atomic mass is 10.00. The molecule has 1 N–H and O–H groups in total. The standard InChI is InChI=1S/2C8H16O2/c1-3-4-5-6-7-8(9)10-2;1-3-5-6-7(4-2)8(9)10/h3-7H2,1-2H3;7H,3-6H2,1-2H3,(H,9,10). The van der Waals surface area contributed by atoms with Crippen molar-refractivity contribution in [1.82, 2.24) is 0 Å². The van der Waals surface area contributed by atoms with Crippen LogP contribution in [-0.2, 0) is 14.3 Å². The van der Waals surface area contributed by atoms with Gasteiger partial charge in [-0.15, -0.1) is 0 Å². The summed E-state index contributed by atoms with van der Waals surface area (Å²) >= 11 is 0. The van der Waals surface area contributed by atoms with Gasteiger partial charge in [0.05, 0.1) is 13.0 Å². The molecular weight excluding hydrogens is 256 g/mol. The van der Waals surface area contributed by atoms with Crippen molar-refractivity contribution in [3.63, 3.8) is 0 Å². The Morgan fingerprint density at radius 3 is 2.00 bits per heavy atom. The summed E-state index contributed by atoms with van der Waals surface area (Å²) in [7, 11) is 1.43. The fourth-order valence-corrected chi connectivity index (χ4v) is 1.75. The topological polar surface area (TPSA) is 63.6 Å². The lowest BCUT2D eigenvalue weighted by Crippen LogP contribution is -2.11. The number of rotatable bonds is 10. The molecule has 1 atom stereocenters. The molecule has 0 spiro atoms. The molecule has 0 bridgehead atoms. The van der Waals surface area contributed by atoms with Gasteiger partial charge < -0.3 is 9.84 Å². The van der Waals surface area contributed by atoms with Crippen molar-refractivity contribution in [2.45, 2.75) is 78.6 Å². The molecule has 0 fully saturated rings. The van der Waals surface area contributed by atoms with Gasteiger partial charge in [-0.05, 0) is 19.3 Å². The van der Waals surface area contributed by atoms with Crippen LogP contribution in [0.4, 0.5) is 0 Å². The zero-order chi connectivity index (χ0) is 15.8. The van der Waals surface area contributed by atoms with E-state index >= 15 is 0 Å². The van der Waals surface area contributed by atoms with Crippen LogP contribution in [0.5, 0.6) is 0 Å². The summed E-state index contributed by atoms with van der Waals surface area (Å²) in [6.07, 6.45) is 8.84. The van der Waals surface area contributed by atoms with E-state index in [-0.39, 0.29) is 11.9 Å². The summed E-state index contributed by atoms with van der Waals surface area (Å²) in [6.45, 7) is 6.15. The van der Waals surface area contributed by atoms with E-state index in [1.807, 2.05) is 6.92 Å². The molecule has 0 aliphatic rings. The van der Waals surface area contributed by atoms with Gasteiger partial charge >= 0.3 is 11.9 Å². The Kier molecular flexibility index (Phi) is 17.0. The monoisotopic (exact) mass is 288 g/mol. The van der Waals surface area contributed by atoms with Crippen molar-refractivity contribution in [2.75, 3.05) is 7.11 Å². The molecule has 0 aliphatic heterocycles. The van der Waals surface area contributed by atoms with Crippen molar-refractivity contribution in [2.24, 2.45) is 5.92 Å². The normalized spacial score (nSPS) is 11.2. The van der Waals surface area contributed by atoms with E-state index < -0.39 is 5.97 Å². The minimum absolute atomic E-state index is 0.0869. The van der Waals surface area contributed by atoms with Gasteiger partial charge in [0.2, 0.25) is 0 Å². The van der Waals surface area contributed by atoms with Crippen molar-refractivity contribution < 1.29 is 19.4 Å². The Morgan fingerprint density at radius 2 is 1.60 bits per heavy atom. The molecule has 0 aromatic heterocycles. The Balaban J connectivity index is 0. The molecule has 0 aliphatic carbocycles. The lowest BCUT2D eigenvalue weighted by molar-refractivity contribution is -0.142. The van der Waals surface area contributed by atoms with Gasteiger partial charge in [-0.2, -0.15) is 0 Å². The lowest BCUT2D eigenvalue weighted by Gasteiger charge is -2.06. The van der Waals surface area contributed by atoms with Gasteiger partial charge in [-0.25, -0.2) is 0 Å². The van der Waals surface area contributed by atoms with Crippen molar-refractivity contribution >= 4 is 11.9 Å². The van der Waals surface area contributed by atoms with E-state index in [0.29, 0.717) is 6.42 Å². The summed E-state index contributed by atoms with van der Waals surface area (Å²) in [6, 6.07) is 0. The Hall–Kier alpha value is -1.06. The highest BCUT2D eigenvalue weighted by molar-refractivity contribution is 5.69. The second-order valence-electron chi connectivity index (χ2n) is 4.97. The molecule has 4 nitrogen and oxygen atoms in total. The third-order valence-electron chi connectivity index (χ3n) is 3.21. The van der Waals surface area contributed by atoms with Gasteiger partial charge in [-0.1, -0.05) is 52.9 Å². The highest BCUT2D eigenvalue weighted by Gasteiger charge is 2.12. The zero-order valence-corrected chi connectivity index (χ0v) is 13.6. The number of carboxylic acid groups (broad SMARTS) is 1. The zero-order valence-electron chi connectivity index (χ0n) is 13.6. The van der Waals surface area contributed by atoms with Crippen molar-refractivity contribution in [1.29, 1.82) is 0 Å². The van der Waals surface area contributed by atoms with E-state index in [4.69, 9.17) is 5.11 Å². The average Bonchev–Trinajstić information content (AvgIpc) is 2.44. The number of esters is 1. The Morgan fingerprint density at radius 1 is 1.00 bits per heavy atom. The number of carbonyl (C=O) groups is 2. The molecule has 120 valence electrons. The molecule has 0 amide bonds. The molecule has 0 rings (SSSR count). The van der Waals surface area contributed by atoms with Crippen LogP contribution >= 0.6 is 0 Å². The summed E-state index contributed by atoms with van der Waals surface area (Å²) < 4.78 is 4.49. The van der Waals surface area contributed by atoms with E-state index in [0.717, 1.165) is 38.5 Å². The average molecular weight is 288 g/mol. The Bertz CT molecular complexity index is 239. The number of hydrogen-bond donors (Lipinski definition) is 1. The van der Waals surface area contributed by atoms with Crippen LogP contribution < -0.4 is 0 Å². The van der Waals surface area contributed by atoms with E-state index in [9.17, 15) is 9.59 Å². The molecule has 0 radical (unpaired) electrons. The van der Waals surface area contributed by atoms with Gasteiger partial charge in [0, 0.05) is 6.42 Å². The first-order valence-electron chi connectivity index (χ1n) is 7.82. The molecule has 0 saturated carbocycles. The highest BCUT2D eigenvalue weighted by atomic mass is 16.5. The minimum atomic E-state index is -0.643. The predicted octanol–water partition coefficient (Wildman–Crippen LogP) is 4.42. The van der Waals surface area contributed by atoms with Crippen LogP contribution in [0.25, 0.3) is 0 Å². The van der Waals surface area contributed by atoms with E-state index in [1.54, 1.807) is 0 Å². The molecule has 0 aromatic carbocycles. The number of ether oxygens (including phenoxy) is 1. The summed E-state index contributed by atoms with van der Waals surface area (Å²) in [4.78, 5) is 21.0. The maximum Gasteiger partial charge on any atom is 0.306 e. The molecule has 0 aromatic rings. The Labute approximate surface area is 123 Å². The second-order valence-corrected chi connectivity index (χ2v) is 4.97. The minimum Gasteiger partial charge on any atom is -0.481 e. The SMILES string of the molecule is CCCCC(CC)C(=O)O.CCCCCCC(=O)OC. The first-order valence-corrected chi connectivity index (χ1v) is 7.82. The quantitative estimate of drug-likeness (QED) is 0.477. The number of methoxy groups -OCH3 is 1. The van der Waals surface area contributed by atoms with Crippen LogP contribution in [0.15, 0.2) is 0 Å². The molecule has 0 saturated heterocycles. The maximum atomic E-state index is 10.6. The van der Waals surface area contributed by atoms with Crippen LogP contribution in [0.3, 0.4) is 0 Å². The molecule has 1 unspecified atom stereocenters. The van der Waals surface area contributed by atoms with Crippen LogP contribution in [0, 0.1) is 5.92 Å². The van der Waals surface area contributed by atoms with Crippen molar-refractivity contribution in [3.8, 4) is 0 Å². The first kappa shape index (κ1) is 21.2. The summed E-state index contributed by atoms with van der Waals surface area (Å²) in [5.74, 6) is -0.841. The number of aliphatic carboxylic acids is 1. The van der Waals surface area contributed by atoms with E-state index in [1.165, 1.54) is 20.0 Å². The van der Waals surface area contributed by atoms with Gasteiger partial charge in [-0.3, -0.25) is 9.59 Å². The number of carboxylic acids is 1. The predicted molar refractivity (Wildman–Crippen MR) is 81.7 cm³/mol. The first-order chi connectivity index (χ1) is 9.53. The number of carbonyl (C=O) groups excluding carboxylic acids is 1. The third-order valence-corrected chi connectivity index (χ3v) is 3.21.